The van der Waals surface area contributed by atoms with Crippen molar-refractivity contribution in [1.82, 2.24) is 15.3 Å². The van der Waals surface area contributed by atoms with Crippen LogP contribution in [0.4, 0.5) is 0 Å². The van der Waals surface area contributed by atoms with E-state index in [1.165, 1.54) is 12.8 Å². The molecule has 2 heterocycles. The van der Waals surface area contributed by atoms with Crippen LogP contribution in [-0.4, -0.2) is 21.6 Å². The molecule has 0 spiro atoms. The van der Waals surface area contributed by atoms with E-state index in [2.05, 4.69) is 15.3 Å². The topological polar surface area (TPSA) is 58.0 Å². The Morgan fingerprint density at radius 3 is 3.00 bits per heavy atom. The van der Waals surface area contributed by atoms with Gasteiger partial charge in [0, 0.05) is 24.6 Å². The minimum Gasteiger partial charge on any atom is -0.387 e. The van der Waals surface area contributed by atoms with Gasteiger partial charge in [0.25, 0.3) is 0 Å². The molecule has 4 heteroatoms. The zero-order chi connectivity index (χ0) is 9.54. The van der Waals surface area contributed by atoms with Crippen LogP contribution in [0.5, 0.6) is 0 Å². The molecule has 0 aromatic carbocycles. The third-order valence-corrected chi connectivity index (χ3v) is 2.92. The number of rotatable bonds is 1. The third kappa shape index (κ3) is 1.22. The van der Waals surface area contributed by atoms with Gasteiger partial charge in [-0.1, -0.05) is 0 Å². The van der Waals surface area contributed by atoms with Crippen LogP contribution < -0.4 is 5.32 Å². The molecule has 1 aliphatic carbocycles. The van der Waals surface area contributed by atoms with Crippen LogP contribution >= 0.6 is 0 Å². The highest BCUT2D eigenvalue weighted by Gasteiger charge is 2.32. The number of aliphatic hydroxyl groups excluding tert-OH is 1. The predicted octanol–water partition coefficient (Wildman–Crippen LogP) is 0.491. The first kappa shape index (κ1) is 8.32. The lowest BCUT2D eigenvalue weighted by Crippen LogP contribution is -2.30. The van der Waals surface area contributed by atoms with Gasteiger partial charge < -0.3 is 10.4 Å². The molecule has 0 bridgehead atoms. The van der Waals surface area contributed by atoms with Gasteiger partial charge in [-0.25, -0.2) is 9.97 Å². The maximum atomic E-state index is 9.88. The first-order chi connectivity index (χ1) is 6.86. The number of hydrogen-bond donors (Lipinski definition) is 2. The van der Waals surface area contributed by atoms with Crippen molar-refractivity contribution in [3.05, 3.63) is 23.3 Å². The van der Waals surface area contributed by atoms with Crippen LogP contribution in [-0.2, 0) is 6.54 Å². The van der Waals surface area contributed by atoms with Crippen molar-refractivity contribution in [3.63, 3.8) is 0 Å². The summed E-state index contributed by atoms with van der Waals surface area (Å²) in [6.45, 7) is 1.38. The molecule has 74 valence electrons. The molecule has 4 nitrogen and oxygen atoms in total. The maximum absolute atomic E-state index is 9.88. The first-order valence-corrected chi connectivity index (χ1v) is 5.08. The lowest BCUT2D eigenvalue weighted by atomic mass is 9.99. The van der Waals surface area contributed by atoms with E-state index < -0.39 is 6.10 Å². The number of β-amino-alcohol motifs (C(OH)–C–C–N with tert-alkyl or cyclic N) is 1. The number of nitrogens with zero attached hydrogens (tertiary/aromatic N) is 2. The van der Waals surface area contributed by atoms with Crippen LogP contribution in [0, 0.1) is 0 Å². The highest BCUT2D eigenvalue weighted by molar-refractivity contribution is 5.33. The van der Waals surface area contributed by atoms with Crippen molar-refractivity contribution in [2.24, 2.45) is 0 Å². The number of hydrogen-bond acceptors (Lipinski definition) is 4. The van der Waals surface area contributed by atoms with Crippen LogP contribution in [0.15, 0.2) is 6.33 Å². The molecule has 2 aliphatic rings. The molecule has 1 atom stereocenters. The number of fused-ring (bicyclic) bond motifs is 1. The zero-order valence-electron chi connectivity index (χ0n) is 7.90. The van der Waals surface area contributed by atoms with E-state index in [1.54, 1.807) is 6.33 Å². The van der Waals surface area contributed by atoms with E-state index in [-0.39, 0.29) is 0 Å². The fourth-order valence-corrected chi connectivity index (χ4v) is 2.06. The van der Waals surface area contributed by atoms with Gasteiger partial charge in [0.2, 0.25) is 0 Å². The van der Waals surface area contributed by atoms with Gasteiger partial charge in [0.15, 0.2) is 0 Å². The second-order valence-corrected chi connectivity index (χ2v) is 4.04. The molecule has 1 saturated carbocycles. The lowest BCUT2D eigenvalue weighted by Gasteiger charge is -2.23. The minimum absolute atomic E-state index is 0.421. The van der Waals surface area contributed by atoms with Gasteiger partial charge in [-0.05, 0) is 12.8 Å². The zero-order valence-corrected chi connectivity index (χ0v) is 7.90. The molecule has 1 aromatic rings. The number of aliphatic hydroxyl groups is 1. The maximum Gasteiger partial charge on any atom is 0.116 e. The fraction of sp³-hybridized carbons (Fsp3) is 0.600. The largest absolute Gasteiger partial charge is 0.387 e. The molecule has 14 heavy (non-hydrogen) atoms. The Hall–Kier alpha value is -1.00. The summed E-state index contributed by atoms with van der Waals surface area (Å²) < 4.78 is 0. The molecule has 3 rings (SSSR count). The van der Waals surface area contributed by atoms with Crippen LogP contribution in [0.2, 0.25) is 0 Å². The predicted molar refractivity (Wildman–Crippen MR) is 50.7 cm³/mol. The Bertz CT molecular complexity index is 362. The fourth-order valence-electron chi connectivity index (χ4n) is 2.06. The molecule has 0 radical (unpaired) electrons. The van der Waals surface area contributed by atoms with E-state index in [0.29, 0.717) is 12.5 Å². The normalized spacial score (nSPS) is 25.9. The van der Waals surface area contributed by atoms with Crippen LogP contribution in [0.25, 0.3) is 0 Å². The Labute approximate surface area is 82.4 Å². The molecule has 2 N–H and O–H groups in total. The Morgan fingerprint density at radius 1 is 1.36 bits per heavy atom. The molecule has 0 saturated heterocycles. The van der Waals surface area contributed by atoms with Crippen molar-refractivity contribution in [2.45, 2.75) is 31.4 Å². The highest BCUT2D eigenvalue weighted by atomic mass is 16.3. The van der Waals surface area contributed by atoms with E-state index in [1.807, 2.05) is 0 Å². The van der Waals surface area contributed by atoms with Crippen molar-refractivity contribution in [2.75, 3.05) is 6.54 Å². The Balaban J connectivity index is 2.11. The third-order valence-electron chi connectivity index (χ3n) is 2.92. The molecule has 1 aromatic heterocycles. The summed E-state index contributed by atoms with van der Waals surface area (Å²) >= 11 is 0. The molecule has 1 fully saturated rings. The standard InChI is InChI=1S/C10H13N3O/c14-8-4-11-3-7-9(8)10(6-1-2-6)13-5-12-7/h5-6,8,11,14H,1-4H2. The van der Waals surface area contributed by atoms with Crippen molar-refractivity contribution in [1.29, 1.82) is 0 Å². The van der Waals surface area contributed by atoms with Gasteiger partial charge >= 0.3 is 0 Å². The lowest BCUT2D eigenvalue weighted by molar-refractivity contribution is 0.162. The summed E-state index contributed by atoms with van der Waals surface area (Å²) in [5.41, 5.74) is 3.05. The van der Waals surface area contributed by atoms with Crippen molar-refractivity contribution >= 4 is 0 Å². The SMILES string of the molecule is OC1CNCc2ncnc(C3CC3)c21. The quantitative estimate of drug-likeness (QED) is 0.678. The van der Waals surface area contributed by atoms with E-state index in [9.17, 15) is 5.11 Å². The van der Waals surface area contributed by atoms with Gasteiger partial charge in [-0.2, -0.15) is 0 Å². The Kier molecular flexibility index (Phi) is 1.78. The molecular formula is C10H13N3O. The van der Waals surface area contributed by atoms with E-state index >= 15 is 0 Å². The summed E-state index contributed by atoms with van der Waals surface area (Å²) in [6.07, 6.45) is 3.62. The van der Waals surface area contributed by atoms with Gasteiger partial charge in [0.05, 0.1) is 17.5 Å². The average molecular weight is 191 g/mol. The second-order valence-electron chi connectivity index (χ2n) is 4.04. The molecule has 1 aliphatic heterocycles. The summed E-state index contributed by atoms with van der Waals surface area (Å²) in [5.74, 6) is 0.583. The molecule has 1 unspecified atom stereocenters. The van der Waals surface area contributed by atoms with Gasteiger partial charge in [0.1, 0.15) is 6.33 Å². The monoisotopic (exact) mass is 191 g/mol. The number of aromatic nitrogens is 2. The highest BCUT2D eigenvalue weighted by Crippen LogP contribution is 2.42. The summed E-state index contributed by atoms with van der Waals surface area (Å²) in [6, 6.07) is 0. The molecular weight excluding hydrogens is 178 g/mol. The van der Waals surface area contributed by atoms with E-state index in [0.717, 1.165) is 23.5 Å². The number of nitrogens with one attached hydrogen (secondary N) is 1. The summed E-state index contributed by atoms with van der Waals surface area (Å²) in [7, 11) is 0. The summed E-state index contributed by atoms with van der Waals surface area (Å²) in [4.78, 5) is 8.51. The summed E-state index contributed by atoms with van der Waals surface area (Å²) in [5, 5.41) is 13.0. The van der Waals surface area contributed by atoms with Crippen molar-refractivity contribution in [3.8, 4) is 0 Å². The van der Waals surface area contributed by atoms with E-state index in [4.69, 9.17) is 0 Å². The smallest absolute Gasteiger partial charge is 0.116 e. The van der Waals surface area contributed by atoms with Gasteiger partial charge in [-0.3, -0.25) is 0 Å². The Morgan fingerprint density at radius 2 is 2.21 bits per heavy atom. The van der Waals surface area contributed by atoms with Crippen LogP contribution in [0.1, 0.15) is 41.8 Å². The minimum atomic E-state index is -0.421. The van der Waals surface area contributed by atoms with Crippen LogP contribution in [0.3, 0.4) is 0 Å². The first-order valence-electron chi connectivity index (χ1n) is 5.08. The van der Waals surface area contributed by atoms with Gasteiger partial charge in [-0.15, -0.1) is 0 Å². The molecule has 0 amide bonds. The average Bonchev–Trinajstić information content (AvgIpc) is 3.01. The van der Waals surface area contributed by atoms with Crippen molar-refractivity contribution < 1.29 is 5.11 Å². The second kappa shape index (κ2) is 3.00.